The molecule has 1 aromatic heterocycles. The fourth-order valence-corrected chi connectivity index (χ4v) is 3.88. The van der Waals surface area contributed by atoms with Gasteiger partial charge in [-0.3, -0.25) is 4.79 Å². The summed E-state index contributed by atoms with van der Waals surface area (Å²) in [7, 11) is 1.53. The van der Waals surface area contributed by atoms with Crippen molar-refractivity contribution in [1.82, 2.24) is 9.66 Å². The molecule has 3 aromatic carbocycles. The molecule has 0 aliphatic rings. The van der Waals surface area contributed by atoms with Crippen molar-refractivity contribution >= 4 is 33.0 Å². The van der Waals surface area contributed by atoms with E-state index in [1.165, 1.54) is 17.9 Å². The van der Waals surface area contributed by atoms with Gasteiger partial charge in [0.15, 0.2) is 11.5 Å². The minimum Gasteiger partial charge on any atom is -0.493 e. The molecule has 0 fully saturated rings. The van der Waals surface area contributed by atoms with Crippen molar-refractivity contribution in [3.63, 3.8) is 0 Å². The van der Waals surface area contributed by atoms with Gasteiger partial charge in [0.25, 0.3) is 5.56 Å². The highest BCUT2D eigenvalue weighted by molar-refractivity contribution is 9.10. The van der Waals surface area contributed by atoms with Crippen molar-refractivity contribution in [3.05, 3.63) is 98.3 Å². The van der Waals surface area contributed by atoms with Crippen molar-refractivity contribution in [3.8, 4) is 11.5 Å². The number of benzene rings is 3. The van der Waals surface area contributed by atoms with Gasteiger partial charge in [0.2, 0.25) is 0 Å². The summed E-state index contributed by atoms with van der Waals surface area (Å²) in [5.41, 5.74) is 1.09. The molecule has 0 radical (unpaired) electrons. The number of nitrogens with zero attached hydrogens (tertiary/aromatic N) is 3. The molecular formula is C27H25BrFN3O3. The number of ether oxygens (including phenoxy) is 2. The standard InChI is InChI=1S/C27H25BrFN3O3/c1-27(2,3)26-31-22-11-10-19(28)14-20(22)25(33)32(26)30-15-17-9-12-23(24(13-17)34-4)35-16-18-7-5-6-8-21(18)29/h5-15H,16H2,1-4H3. The van der Waals surface area contributed by atoms with Crippen LogP contribution >= 0.6 is 15.9 Å². The van der Waals surface area contributed by atoms with E-state index in [0.717, 1.165) is 4.47 Å². The lowest BCUT2D eigenvalue weighted by molar-refractivity contribution is 0.279. The third-order valence-electron chi connectivity index (χ3n) is 5.33. The maximum absolute atomic E-state index is 13.9. The van der Waals surface area contributed by atoms with Crippen LogP contribution in [0.1, 0.15) is 37.7 Å². The summed E-state index contributed by atoms with van der Waals surface area (Å²) >= 11 is 3.42. The van der Waals surface area contributed by atoms with Crippen molar-refractivity contribution in [1.29, 1.82) is 0 Å². The Labute approximate surface area is 211 Å². The molecule has 0 saturated heterocycles. The van der Waals surface area contributed by atoms with Gasteiger partial charge in [-0.15, -0.1) is 0 Å². The Kier molecular flexibility index (Phi) is 7.03. The first-order valence-corrected chi connectivity index (χ1v) is 11.8. The fraction of sp³-hybridized carbons (Fsp3) is 0.222. The summed E-state index contributed by atoms with van der Waals surface area (Å²) in [6, 6.07) is 17.1. The Balaban J connectivity index is 1.68. The predicted molar refractivity (Wildman–Crippen MR) is 139 cm³/mol. The number of halogens is 2. The molecule has 0 N–H and O–H groups in total. The Morgan fingerprint density at radius 2 is 1.86 bits per heavy atom. The Morgan fingerprint density at radius 1 is 1.09 bits per heavy atom. The number of rotatable bonds is 6. The lowest BCUT2D eigenvalue weighted by Gasteiger charge is -2.20. The monoisotopic (exact) mass is 537 g/mol. The van der Waals surface area contributed by atoms with Crippen molar-refractivity contribution in [2.45, 2.75) is 32.8 Å². The van der Waals surface area contributed by atoms with Crippen LogP contribution in [-0.2, 0) is 12.0 Å². The molecule has 0 aliphatic heterocycles. The topological polar surface area (TPSA) is 65.7 Å². The molecule has 0 bridgehead atoms. The number of hydrogen-bond donors (Lipinski definition) is 0. The smallest absolute Gasteiger partial charge is 0.282 e. The first-order chi connectivity index (χ1) is 16.7. The van der Waals surface area contributed by atoms with Gasteiger partial charge in [-0.05, 0) is 48.0 Å². The first-order valence-electron chi connectivity index (χ1n) is 11.0. The summed E-state index contributed by atoms with van der Waals surface area (Å²) in [5.74, 6) is 1.16. The molecule has 0 atom stereocenters. The second kappa shape index (κ2) is 10.00. The molecule has 180 valence electrons. The van der Waals surface area contributed by atoms with Gasteiger partial charge in [0, 0.05) is 15.5 Å². The summed E-state index contributed by atoms with van der Waals surface area (Å²) in [5, 5.41) is 4.96. The third kappa shape index (κ3) is 5.43. The molecule has 0 amide bonds. The van der Waals surface area contributed by atoms with E-state index in [0.29, 0.717) is 39.4 Å². The van der Waals surface area contributed by atoms with Gasteiger partial charge in [0.05, 0.1) is 24.2 Å². The molecule has 4 aromatic rings. The van der Waals surface area contributed by atoms with E-state index in [1.54, 1.807) is 48.7 Å². The second-order valence-corrected chi connectivity index (χ2v) is 9.91. The molecule has 0 unspecified atom stereocenters. The molecule has 0 saturated carbocycles. The highest BCUT2D eigenvalue weighted by Gasteiger charge is 2.23. The fourth-order valence-electron chi connectivity index (χ4n) is 3.52. The SMILES string of the molecule is COc1cc(C=Nn2c(C(C)(C)C)nc3ccc(Br)cc3c2=O)ccc1OCc1ccccc1F. The number of fused-ring (bicyclic) bond motifs is 1. The van der Waals surface area contributed by atoms with Crippen LogP contribution in [-0.4, -0.2) is 23.0 Å². The quantitative estimate of drug-likeness (QED) is 0.280. The summed E-state index contributed by atoms with van der Waals surface area (Å²) in [6.45, 7) is 6.02. The van der Waals surface area contributed by atoms with Gasteiger partial charge in [-0.2, -0.15) is 9.78 Å². The third-order valence-corrected chi connectivity index (χ3v) is 5.82. The van der Waals surface area contributed by atoms with E-state index in [2.05, 4.69) is 21.0 Å². The molecule has 6 nitrogen and oxygen atoms in total. The minimum atomic E-state index is -0.417. The zero-order chi connectivity index (χ0) is 25.2. The Hall–Kier alpha value is -3.52. The predicted octanol–water partition coefficient (Wildman–Crippen LogP) is 6.07. The average molecular weight is 538 g/mol. The van der Waals surface area contributed by atoms with E-state index < -0.39 is 5.41 Å². The lowest BCUT2D eigenvalue weighted by atomic mass is 9.95. The first kappa shape index (κ1) is 24.6. The number of methoxy groups -OCH3 is 1. The Bertz CT molecular complexity index is 1480. The maximum Gasteiger partial charge on any atom is 0.282 e. The van der Waals surface area contributed by atoms with Gasteiger partial charge >= 0.3 is 0 Å². The van der Waals surface area contributed by atoms with Crippen LogP contribution in [0.4, 0.5) is 4.39 Å². The van der Waals surface area contributed by atoms with E-state index >= 15 is 0 Å². The van der Waals surface area contributed by atoms with Crippen LogP contribution in [0.25, 0.3) is 10.9 Å². The summed E-state index contributed by atoms with van der Waals surface area (Å²) < 4.78 is 27.3. The van der Waals surface area contributed by atoms with Crippen LogP contribution in [0.3, 0.4) is 0 Å². The van der Waals surface area contributed by atoms with Gasteiger partial charge in [-0.25, -0.2) is 9.37 Å². The molecule has 0 spiro atoms. The molecular weight excluding hydrogens is 513 g/mol. The van der Waals surface area contributed by atoms with Gasteiger partial charge in [-0.1, -0.05) is 54.9 Å². The highest BCUT2D eigenvalue weighted by Crippen LogP contribution is 2.29. The molecule has 4 rings (SSSR count). The highest BCUT2D eigenvalue weighted by atomic mass is 79.9. The zero-order valence-corrected chi connectivity index (χ0v) is 21.5. The molecule has 35 heavy (non-hydrogen) atoms. The van der Waals surface area contributed by atoms with E-state index in [-0.39, 0.29) is 18.0 Å². The van der Waals surface area contributed by atoms with Gasteiger partial charge in [0.1, 0.15) is 18.2 Å². The van der Waals surface area contributed by atoms with E-state index in [1.807, 2.05) is 32.9 Å². The van der Waals surface area contributed by atoms with Crippen LogP contribution in [0.5, 0.6) is 11.5 Å². The van der Waals surface area contributed by atoms with Crippen LogP contribution in [0.15, 0.2) is 75.0 Å². The summed E-state index contributed by atoms with van der Waals surface area (Å²) in [4.78, 5) is 18.0. The molecule has 0 aliphatic carbocycles. The van der Waals surface area contributed by atoms with E-state index in [4.69, 9.17) is 14.5 Å². The maximum atomic E-state index is 13.9. The minimum absolute atomic E-state index is 0.0686. The van der Waals surface area contributed by atoms with Crippen LogP contribution in [0, 0.1) is 5.82 Å². The normalized spacial score (nSPS) is 11.8. The molecule has 8 heteroatoms. The average Bonchev–Trinajstić information content (AvgIpc) is 2.82. The lowest BCUT2D eigenvalue weighted by Crippen LogP contribution is -2.29. The summed E-state index contributed by atoms with van der Waals surface area (Å²) in [6.07, 6.45) is 1.57. The molecule has 1 heterocycles. The van der Waals surface area contributed by atoms with Crippen molar-refractivity contribution in [2.24, 2.45) is 5.10 Å². The van der Waals surface area contributed by atoms with Crippen molar-refractivity contribution in [2.75, 3.05) is 7.11 Å². The van der Waals surface area contributed by atoms with Crippen molar-refractivity contribution < 1.29 is 13.9 Å². The van der Waals surface area contributed by atoms with Crippen LogP contribution < -0.4 is 15.0 Å². The van der Waals surface area contributed by atoms with Crippen LogP contribution in [0.2, 0.25) is 0 Å². The zero-order valence-electron chi connectivity index (χ0n) is 19.9. The number of hydrogen-bond acceptors (Lipinski definition) is 5. The largest absolute Gasteiger partial charge is 0.493 e. The Morgan fingerprint density at radius 3 is 2.57 bits per heavy atom. The van der Waals surface area contributed by atoms with E-state index in [9.17, 15) is 9.18 Å². The van der Waals surface area contributed by atoms with Gasteiger partial charge < -0.3 is 9.47 Å². The second-order valence-electron chi connectivity index (χ2n) is 9.00. The number of aromatic nitrogens is 2.